The van der Waals surface area contributed by atoms with Crippen LogP contribution in [0.5, 0.6) is 5.75 Å². The molecule has 0 aliphatic carbocycles. The normalized spacial score (nSPS) is 10.4. The molecule has 0 spiro atoms. The zero-order valence-electron chi connectivity index (χ0n) is 8.61. The van der Waals surface area contributed by atoms with Crippen LogP contribution in [0.2, 0.25) is 0 Å². The van der Waals surface area contributed by atoms with Gasteiger partial charge >= 0.3 is 0 Å². The van der Waals surface area contributed by atoms with Crippen LogP contribution < -0.4 is 4.74 Å². The lowest BCUT2D eigenvalue weighted by molar-refractivity contribution is 0.442. The summed E-state index contributed by atoms with van der Waals surface area (Å²) >= 11 is 5.75. The van der Waals surface area contributed by atoms with E-state index in [9.17, 15) is 0 Å². The second-order valence-corrected chi connectivity index (χ2v) is 3.37. The summed E-state index contributed by atoms with van der Waals surface area (Å²) < 4.78 is 5.47. The Kier molecular flexibility index (Phi) is 4.38. The molecule has 0 N–H and O–H groups in total. The average molecular weight is 232 g/mol. The Balaban J connectivity index is 2.95. The van der Waals surface area contributed by atoms with Gasteiger partial charge < -0.3 is 4.74 Å². The van der Waals surface area contributed by atoms with E-state index in [1.807, 2.05) is 6.07 Å². The molecule has 0 saturated carbocycles. The van der Waals surface area contributed by atoms with Crippen LogP contribution in [0.3, 0.4) is 0 Å². The lowest BCUT2D eigenvalue weighted by Gasteiger charge is -2.07. The molecule has 0 amide bonds. The van der Waals surface area contributed by atoms with Crippen LogP contribution in [-0.4, -0.2) is 0 Å². The highest BCUT2D eigenvalue weighted by atomic mass is 35.5. The summed E-state index contributed by atoms with van der Waals surface area (Å²) in [5.41, 5.74) is 0.524. The number of hydrogen-bond donors (Lipinski definition) is 0. The molecule has 1 rings (SSSR count). The number of halogens is 1. The minimum absolute atomic E-state index is 0.280. The number of ether oxygens (including phenoxy) is 1. The molecule has 0 radical (unpaired) electrons. The highest BCUT2D eigenvalue weighted by Crippen LogP contribution is 2.20. The van der Waals surface area contributed by atoms with Gasteiger partial charge in [-0.2, -0.15) is 5.26 Å². The minimum atomic E-state index is 0.280. The highest BCUT2D eigenvalue weighted by molar-refractivity contribution is 6.31. The Morgan fingerprint density at radius 3 is 2.81 bits per heavy atom. The van der Waals surface area contributed by atoms with E-state index < -0.39 is 0 Å². The zero-order valence-corrected chi connectivity index (χ0v) is 9.37. The molecule has 0 unspecified atom stereocenters. The molecule has 1 aromatic carbocycles. The van der Waals surface area contributed by atoms with Crippen LogP contribution in [0, 0.1) is 11.3 Å². The van der Waals surface area contributed by atoms with Crippen molar-refractivity contribution < 1.29 is 4.74 Å². The first-order valence-corrected chi connectivity index (χ1v) is 4.90. The predicted molar refractivity (Wildman–Crippen MR) is 65.1 cm³/mol. The van der Waals surface area contributed by atoms with Crippen molar-refractivity contribution in [1.29, 1.82) is 5.26 Å². The number of allylic oxidation sites excluding steroid dienone is 3. The SMILES string of the molecule is C=C/C=C(/Oc1cccc(C#N)c1)C(=C)Cl. The second-order valence-electron chi connectivity index (χ2n) is 2.91. The van der Waals surface area contributed by atoms with Crippen molar-refractivity contribution in [2.24, 2.45) is 0 Å². The van der Waals surface area contributed by atoms with Crippen molar-refractivity contribution in [2.75, 3.05) is 0 Å². The van der Waals surface area contributed by atoms with Crippen LogP contribution in [-0.2, 0) is 0 Å². The van der Waals surface area contributed by atoms with Crippen LogP contribution in [0.25, 0.3) is 0 Å². The predicted octanol–water partition coefficient (Wildman–Crippen LogP) is 3.76. The average Bonchev–Trinajstić information content (AvgIpc) is 2.28. The number of nitrogens with zero attached hydrogens (tertiary/aromatic N) is 1. The van der Waals surface area contributed by atoms with Crippen molar-refractivity contribution in [1.82, 2.24) is 0 Å². The first-order valence-electron chi connectivity index (χ1n) is 4.53. The van der Waals surface area contributed by atoms with E-state index in [0.717, 1.165) is 0 Å². The third-order valence-corrected chi connectivity index (χ3v) is 1.91. The van der Waals surface area contributed by atoms with Gasteiger partial charge in [-0.3, -0.25) is 0 Å². The molecule has 1 aromatic rings. The van der Waals surface area contributed by atoms with Gasteiger partial charge in [0.1, 0.15) is 11.5 Å². The van der Waals surface area contributed by atoms with Crippen molar-refractivity contribution in [2.45, 2.75) is 0 Å². The van der Waals surface area contributed by atoms with Crippen LogP contribution in [0.1, 0.15) is 5.56 Å². The lowest BCUT2D eigenvalue weighted by Crippen LogP contribution is -1.94. The standard InChI is InChI=1S/C13H10ClNO/c1-3-5-13(10(2)14)16-12-7-4-6-11(8-12)9-15/h3-8H,1-2H2/b13-5+. The molecule has 0 aliphatic heterocycles. The first-order chi connectivity index (χ1) is 7.67. The molecule has 2 nitrogen and oxygen atoms in total. The van der Waals surface area contributed by atoms with Gasteiger partial charge in [-0.1, -0.05) is 36.9 Å². The zero-order chi connectivity index (χ0) is 12.0. The van der Waals surface area contributed by atoms with Gasteiger partial charge in [0, 0.05) is 0 Å². The van der Waals surface area contributed by atoms with Gasteiger partial charge in [0.15, 0.2) is 0 Å². The third kappa shape index (κ3) is 3.30. The maximum atomic E-state index is 8.73. The van der Waals surface area contributed by atoms with E-state index in [0.29, 0.717) is 17.1 Å². The maximum absolute atomic E-state index is 8.73. The van der Waals surface area contributed by atoms with Gasteiger partial charge in [0.25, 0.3) is 0 Å². The van der Waals surface area contributed by atoms with Crippen LogP contribution in [0.4, 0.5) is 0 Å². The number of benzene rings is 1. The second kappa shape index (κ2) is 5.79. The Morgan fingerprint density at radius 2 is 2.25 bits per heavy atom. The van der Waals surface area contributed by atoms with Crippen LogP contribution >= 0.6 is 11.6 Å². The lowest BCUT2D eigenvalue weighted by atomic mass is 10.2. The molecule has 0 aliphatic rings. The fraction of sp³-hybridized carbons (Fsp3) is 0. The number of rotatable bonds is 4. The number of hydrogen-bond acceptors (Lipinski definition) is 2. The summed E-state index contributed by atoms with van der Waals surface area (Å²) in [7, 11) is 0. The summed E-state index contributed by atoms with van der Waals surface area (Å²) in [5.74, 6) is 0.945. The fourth-order valence-electron chi connectivity index (χ4n) is 1.04. The van der Waals surface area contributed by atoms with Crippen molar-refractivity contribution in [3.8, 4) is 11.8 Å². The first kappa shape index (κ1) is 12.1. The number of nitriles is 1. The molecular weight excluding hydrogens is 222 g/mol. The molecule has 0 saturated heterocycles. The van der Waals surface area contributed by atoms with E-state index >= 15 is 0 Å². The third-order valence-electron chi connectivity index (χ3n) is 1.73. The van der Waals surface area contributed by atoms with Gasteiger partial charge in [0.2, 0.25) is 0 Å². The Labute approximate surface area is 99.7 Å². The molecule has 3 heteroatoms. The molecule has 0 aromatic heterocycles. The Bertz CT molecular complexity index is 483. The monoisotopic (exact) mass is 231 g/mol. The van der Waals surface area contributed by atoms with E-state index in [4.69, 9.17) is 21.6 Å². The largest absolute Gasteiger partial charge is 0.456 e. The highest BCUT2D eigenvalue weighted by Gasteiger charge is 2.03. The minimum Gasteiger partial charge on any atom is -0.456 e. The molecule has 0 atom stereocenters. The molecule has 0 heterocycles. The fourth-order valence-corrected chi connectivity index (χ4v) is 1.14. The molecular formula is C13H10ClNO. The van der Waals surface area contributed by atoms with Gasteiger partial charge in [-0.25, -0.2) is 0 Å². The summed E-state index contributed by atoms with van der Waals surface area (Å²) in [4.78, 5) is 0. The topological polar surface area (TPSA) is 33.0 Å². The summed E-state index contributed by atoms with van der Waals surface area (Å²) in [6, 6.07) is 8.81. The van der Waals surface area contributed by atoms with E-state index in [1.54, 1.807) is 36.4 Å². The van der Waals surface area contributed by atoms with Crippen LogP contribution in [0.15, 0.2) is 60.4 Å². The van der Waals surface area contributed by atoms with Crippen molar-refractivity contribution >= 4 is 11.6 Å². The Morgan fingerprint density at radius 1 is 1.50 bits per heavy atom. The smallest absolute Gasteiger partial charge is 0.145 e. The Hall–Kier alpha value is -1.98. The maximum Gasteiger partial charge on any atom is 0.145 e. The molecule has 0 fully saturated rings. The summed E-state index contributed by atoms with van der Waals surface area (Å²) in [6.45, 7) is 7.12. The molecule has 0 bridgehead atoms. The van der Waals surface area contributed by atoms with E-state index in [-0.39, 0.29) is 5.03 Å². The van der Waals surface area contributed by atoms with Gasteiger partial charge in [-0.05, 0) is 24.3 Å². The van der Waals surface area contributed by atoms with Crippen molar-refractivity contribution in [3.05, 3.63) is 65.9 Å². The molecule has 80 valence electrons. The molecule has 16 heavy (non-hydrogen) atoms. The summed E-state index contributed by atoms with van der Waals surface area (Å²) in [5, 5.41) is 9.01. The van der Waals surface area contributed by atoms with E-state index in [2.05, 4.69) is 13.2 Å². The quantitative estimate of drug-likeness (QED) is 0.584. The summed E-state index contributed by atoms with van der Waals surface area (Å²) in [6.07, 6.45) is 3.16. The van der Waals surface area contributed by atoms with Gasteiger partial charge in [0.05, 0.1) is 16.7 Å². The van der Waals surface area contributed by atoms with E-state index in [1.165, 1.54) is 0 Å². The van der Waals surface area contributed by atoms with Gasteiger partial charge in [-0.15, -0.1) is 0 Å². The van der Waals surface area contributed by atoms with Crippen molar-refractivity contribution in [3.63, 3.8) is 0 Å².